The van der Waals surface area contributed by atoms with Gasteiger partial charge in [0.1, 0.15) is 0 Å². The van der Waals surface area contributed by atoms with Crippen molar-refractivity contribution < 1.29 is 4.79 Å². The Bertz CT molecular complexity index is 622. The van der Waals surface area contributed by atoms with Crippen molar-refractivity contribution in [2.75, 3.05) is 13.1 Å². The van der Waals surface area contributed by atoms with E-state index >= 15 is 0 Å². The summed E-state index contributed by atoms with van der Waals surface area (Å²) in [6, 6.07) is 4.17. The highest BCUT2D eigenvalue weighted by Gasteiger charge is 2.27. The highest BCUT2D eigenvalue weighted by molar-refractivity contribution is 7.09. The Hall–Kier alpha value is -1.73. The quantitative estimate of drug-likeness (QED) is 0.928. The van der Waals surface area contributed by atoms with Crippen LogP contribution in [-0.2, 0) is 6.54 Å². The topological polar surface area (TPSA) is 77.0 Å². The van der Waals surface area contributed by atoms with Gasteiger partial charge in [0.25, 0.3) is 5.91 Å². The largest absolute Gasteiger partial charge is 0.337 e. The van der Waals surface area contributed by atoms with Crippen LogP contribution < -0.4 is 5.73 Å². The predicted octanol–water partition coefficient (Wildman–Crippen LogP) is 1.59. The molecule has 2 atom stereocenters. The minimum atomic E-state index is -0.0391. The van der Waals surface area contributed by atoms with Gasteiger partial charge in [-0.2, -0.15) is 0 Å². The van der Waals surface area contributed by atoms with E-state index in [0.29, 0.717) is 24.7 Å². The first-order chi connectivity index (χ1) is 10.6. The summed E-state index contributed by atoms with van der Waals surface area (Å²) in [5, 5.41) is 10.1. The molecule has 1 amide bonds. The molecule has 0 spiro atoms. The Morgan fingerprint density at radius 1 is 1.59 bits per heavy atom. The summed E-state index contributed by atoms with van der Waals surface area (Å²) in [6.45, 7) is 4.16. The smallest absolute Gasteiger partial charge is 0.276 e. The van der Waals surface area contributed by atoms with Crippen molar-refractivity contribution in [3.63, 3.8) is 0 Å². The first kappa shape index (κ1) is 15.2. The molecule has 118 valence electrons. The summed E-state index contributed by atoms with van der Waals surface area (Å²) < 4.78 is 1.71. The maximum atomic E-state index is 12.6. The normalized spacial score (nSPS) is 20.1. The van der Waals surface area contributed by atoms with E-state index in [1.807, 2.05) is 29.3 Å². The minimum Gasteiger partial charge on any atom is -0.337 e. The zero-order valence-corrected chi connectivity index (χ0v) is 13.5. The Balaban J connectivity index is 1.66. The number of amides is 1. The van der Waals surface area contributed by atoms with E-state index in [-0.39, 0.29) is 11.9 Å². The molecule has 1 saturated heterocycles. The summed E-state index contributed by atoms with van der Waals surface area (Å²) in [7, 11) is 0. The van der Waals surface area contributed by atoms with Crippen molar-refractivity contribution in [1.29, 1.82) is 0 Å². The molecule has 1 fully saturated rings. The predicted molar refractivity (Wildman–Crippen MR) is 85.7 cm³/mol. The molecule has 0 radical (unpaired) electrons. The number of piperidine rings is 1. The maximum Gasteiger partial charge on any atom is 0.276 e. The molecule has 2 N–H and O–H groups in total. The van der Waals surface area contributed by atoms with E-state index in [9.17, 15) is 4.79 Å². The average molecular weight is 319 g/mol. The lowest BCUT2D eigenvalue weighted by molar-refractivity contribution is 0.0655. The van der Waals surface area contributed by atoms with Crippen LogP contribution >= 0.6 is 11.3 Å². The molecule has 0 saturated carbocycles. The Morgan fingerprint density at radius 3 is 3.18 bits per heavy atom. The van der Waals surface area contributed by atoms with Gasteiger partial charge in [-0.05, 0) is 37.1 Å². The van der Waals surface area contributed by atoms with Gasteiger partial charge in [0, 0.05) is 24.0 Å². The highest BCUT2D eigenvalue weighted by Crippen LogP contribution is 2.20. The number of thiophene rings is 1. The van der Waals surface area contributed by atoms with E-state index in [1.54, 1.807) is 22.2 Å². The molecule has 7 heteroatoms. The zero-order chi connectivity index (χ0) is 15.5. The number of carbonyl (C=O) groups is 1. The standard InChI is InChI=1S/C15H21N5OS/c1-11(16)12-4-2-6-19(8-12)15(21)14-10-20(18-17-14)9-13-5-3-7-22-13/h3,5,7,10-12H,2,4,6,8-9,16H2,1H3/t11-,12+/m0/s1. The molecule has 1 aliphatic rings. The molecular weight excluding hydrogens is 298 g/mol. The van der Waals surface area contributed by atoms with Crippen molar-refractivity contribution in [3.05, 3.63) is 34.3 Å². The summed E-state index contributed by atoms with van der Waals surface area (Å²) in [4.78, 5) is 15.6. The first-order valence-corrected chi connectivity index (χ1v) is 8.49. The molecule has 3 rings (SSSR count). The van der Waals surface area contributed by atoms with Crippen LogP contribution in [0.4, 0.5) is 0 Å². The van der Waals surface area contributed by atoms with Gasteiger partial charge in [-0.25, -0.2) is 4.68 Å². The van der Waals surface area contributed by atoms with Crippen molar-refractivity contribution in [1.82, 2.24) is 19.9 Å². The van der Waals surface area contributed by atoms with Gasteiger partial charge in [0.2, 0.25) is 0 Å². The Labute approximate surface area is 133 Å². The second-order valence-corrected chi connectivity index (χ2v) is 6.93. The summed E-state index contributed by atoms with van der Waals surface area (Å²) in [5.41, 5.74) is 6.40. The number of rotatable bonds is 4. The second kappa shape index (κ2) is 6.58. The van der Waals surface area contributed by atoms with Crippen LogP contribution in [0, 0.1) is 5.92 Å². The van der Waals surface area contributed by atoms with Crippen LogP contribution in [0.2, 0.25) is 0 Å². The average Bonchev–Trinajstić information content (AvgIpc) is 3.19. The number of likely N-dealkylation sites (tertiary alicyclic amines) is 1. The van der Waals surface area contributed by atoms with E-state index < -0.39 is 0 Å². The lowest BCUT2D eigenvalue weighted by atomic mass is 9.92. The van der Waals surface area contributed by atoms with Gasteiger partial charge < -0.3 is 10.6 Å². The third-order valence-electron chi connectivity index (χ3n) is 4.14. The summed E-state index contributed by atoms with van der Waals surface area (Å²) in [6.07, 6.45) is 3.82. The summed E-state index contributed by atoms with van der Waals surface area (Å²) >= 11 is 1.67. The van der Waals surface area contributed by atoms with E-state index in [4.69, 9.17) is 5.73 Å². The Kier molecular flexibility index (Phi) is 4.54. The fourth-order valence-corrected chi connectivity index (χ4v) is 3.52. The van der Waals surface area contributed by atoms with Gasteiger partial charge >= 0.3 is 0 Å². The molecule has 0 aliphatic carbocycles. The molecule has 2 aromatic rings. The second-order valence-electron chi connectivity index (χ2n) is 5.89. The minimum absolute atomic E-state index is 0.0391. The fraction of sp³-hybridized carbons (Fsp3) is 0.533. The van der Waals surface area contributed by atoms with Crippen molar-refractivity contribution >= 4 is 17.2 Å². The highest BCUT2D eigenvalue weighted by atomic mass is 32.1. The van der Waals surface area contributed by atoms with Crippen LogP contribution in [0.5, 0.6) is 0 Å². The lowest BCUT2D eigenvalue weighted by Gasteiger charge is -2.34. The molecular formula is C15H21N5OS. The molecule has 0 bridgehead atoms. The van der Waals surface area contributed by atoms with Gasteiger partial charge in [-0.1, -0.05) is 11.3 Å². The van der Waals surface area contributed by atoms with E-state index in [2.05, 4.69) is 10.3 Å². The third kappa shape index (κ3) is 3.36. The molecule has 1 aliphatic heterocycles. The monoisotopic (exact) mass is 319 g/mol. The van der Waals surface area contributed by atoms with Crippen LogP contribution in [0.1, 0.15) is 35.1 Å². The van der Waals surface area contributed by atoms with Gasteiger partial charge in [-0.15, -0.1) is 16.4 Å². The lowest BCUT2D eigenvalue weighted by Crippen LogP contribution is -2.45. The van der Waals surface area contributed by atoms with E-state index in [1.165, 1.54) is 4.88 Å². The number of aromatic nitrogens is 3. The number of nitrogens with zero attached hydrogens (tertiary/aromatic N) is 4. The van der Waals surface area contributed by atoms with Crippen molar-refractivity contribution in [3.8, 4) is 0 Å². The molecule has 0 unspecified atom stereocenters. The summed E-state index contributed by atoms with van der Waals surface area (Å²) in [5.74, 6) is 0.335. The van der Waals surface area contributed by atoms with Crippen LogP contribution in [0.3, 0.4) is 0 Å². The number of hydrogen-bond acceptors (Lipinski definition) is 5. The van der Waals surface area contributed by atoms with Gasteiger partial charge in [0.05, 0.1) is 12.7 Å². The van der Waals surface area contributed by atoms with Crippen molar-refractivity contribution in [2.24, 2.45) is 11.7 Å². The fourth-order valence-electron chi connectivity index (χ4n) is 2.82. The molecule has 0 aromatic carbocycles. The van der Waals surface area contributed by atoms with Crippen LogP contribution in [-0.4, -0.2) is 44.9 Å². The molecule has 6 nitrogen and oxygen atoms in total. The Morgan fingerprint density at radius 2 is 2.45 bits per heavy atom. The molecule has 2 aromatic heterocycles. The molecule has 3 heterocycles. The van der Waals surface area contributed by atoms with E-state index in [0.717, 1.165) is 19.4 Å². The number of hydrogen-bond donors (Lipinski definition) is 1. The first-order valence-electron chi connectivity index (χ1n) is 7.61. The maximum absolute atomic E-state index is 12.6. The van der Waals surface area contributed by atoms with Gasteiger partial charge in [-0.3, -0.25) is 4.79 Å². The SMILES string of the molecule is C[C@H](N)[C@@H]1CCCN(C(=O)c2cn(Cc3cccs3)nn2)C1. The van der Waals surface area contributed by atoms with Crippen molar-refractivity contribution in [2.45, 2.75) is 32.4 Å². The zero-order valence-electron chi connectivity index (χ0n) is 12.7. The number of nitrogens with two attached hydrogens (primary N) is 1. The van der Waals surface area contributed by atoms with Crippen LogP contribution in [0.25, 0.3) is 0 Å². The number of carbonyl (C=O) groups excluding carboxylic acids is 1. The third-order valence-corrected chi connectivity index (χ3v) is 5.01. The molecule has 22 heavy (non-hydrogen) atoms. The van der Waals surface area contributed by atoms with Gasteiger partial charge in [0.15, 0.2) is 5.69 Å². The van der Waals surface area contributed by atoms with Crippen LogP contribution in [0.15, 0.2) is 23.7 Å².